The van der Waals surface area contributed by atoms with Gasteiger partial charge in [0.1, 0.15) is 11.9 Å². The summed E-state index contributed by atoms with van der Waals surface area (Å²) in [5.74, 6) is -2.88. The normalized spacial score (nSPS) is 15.3. The topological polar surface area (TPSA) is 128 Å². The van der Waals surface area contributed by atoms with Gasteiger partial charge in [0.05, 0.1) is 29.1 Å². The van der Waals surface area contributed by atoms with E-state index in [2.05, 4.69) is 5.32 Å². The average Bonchev–Trinajstić information content (AvgIpc) is 3.04. The van der Waals surface area contributed by atoms with Gasteiger partial charge in [0.15, 0.2) is 5.78 Å². The summed E-state index contributed by atoms with van der Waals surface area (Å²) in [6.07, 6.45) is 0.0555. The summed E-state index contributed by atoms with van der Waals surface area (Å²) in [6.45, 7) is 4.16. The Hall–Kier alpha value is -5.16. The predicted octanol–water partition coefficient (Wildman–Crippen LogP) is 6.02. The van der Waals surface area contributed by atoms with E-state index in [1.165, 1.54) is 49.6 Å². The third kappa shape index (κ3) is 8.10. The van der Waals surface area contributed by atoms with Crippen LogP contribution in [0.4, 0.5) is 10.1 Å². The number of methoxy groups -OCH3 is 1. The van der Waals surface area contributed by atoms with E-state index in [4.69, 9.17) is 9.47 Å². The number of nitro benzene ring substituents is 1. The standard InChI is InChI=1S/C35H36FN3O7/c1-22-31(34(41)45-4)33(26-12-8-13-28(20-26)39(43)44)32(23(2)37-22)35(42)46-30(25-10-6-5-7-11-25)21-38(3)19-9-14-29(40)24-15-17-27(36)18-16-24/h5-8,10-13,15-18,20,30,33,37H,9,14,19,21H2,1-4H3. The number of carbonyl (C=O) groups excluding carboxylic acids is 3. The number of halogens is 1. The molecule has 0 amide bonds. The lowest BCUT2D eigenvalue weighted by Gasteiger charge is -2.32. The zero-order valence-electron chi connectivity index (χ0n) is 26.1. The maximum absolute atomic E-state index is 14.1. The molecule has 0 aromatic heterocycles. The number of hydrogen-bond acceptors (Lipinski definition) is 9. The SMILES string of the molecule is COC(=O)C1=C(C)NC(C)=C(C(=O)OC(CN(C)CCCC(=O)c2ccc(F)cc2)c2ccccc2)C1c1cccc([N+](=O)[O-])c1. The minimum atomic E-state index is -0.993. The molecule has 0 saturated carbocycles. The van der Waals surface area contributed by atoms with E-state index in [9.17, 15) is 28.9 Å². The number of nitrogens with zero attached hydrogens (tertiary/aromatic N) is 2. The molecule has 0 aliphatic carbocycles. The van der Waals surface area contributed by atoms with Gasteiger partial charge in [0.2, 0.25) is 0 Å². The summed E-state index contributed by atoms with van der Waals surface area (Å²) in [6, 6.07) is 20.4. The van der Waals surface area contributed by atoms with Crippen molar-refractivity contribution in [2.24, 2.45) is 0 Å². The third-order valence-corrected chi connectivity index (χ3v) is 7.81. The van der Waals surface area contributed by atoms with Crippen LogP contribution in [-0.4, -0.2) is 54.8 Å². The van der Waals surface area contributed by atoms with E-state index in [-0.39, 0.29) is 29.0 Å². The van der Waals surface area contributed by atoms with Gasteiger partial charge in [-0.1, -0.05) is 42.5 Å². The molecule has 0 radical (unpaired) electrons. The molecular weight excluding hydrogens is 593 g/mol. The first-order valence-corrected chi connectivity index (χ1v) is 14.7. The molecule has 0 fully saturated rings. The van der Waals surface area contributed by atoms with Gasteiger partial charge in [-0.3, -0.25) is 14.9 Å². The maximum Gasteiger partial charge on any atom is 0.337 e. The number of hydrogen-bond donors (Lipinski definition) is 1. The van der Waals surface area contributed by atoms with Gasteiger partial charge in [-0.15, -0.1) is 0 Å². The van der Waals surface area contributed by atoms with Crippen LogP contribution in [0, 0.1) is 15.9 Å². The average molecular weight is 630 g/mol. The Morgan fingerprint density at radius 3 is 2.24 bits per heavy atom. The van der Waals surface area contributed by atoms with Crippen LogP contribution in [0.2, 0.25) is 0 Å². The summed E-state index contributed by atoms with van der Waals surface area (Å²) < 4.78 is 24.4. The Morgan fingerprint density at radius 1 is 0.957 bits per heavy atom. The van der Waals surface area contributed by atoms with Gasteiger partial charge in [-0.25, -0.2) is 14.0 Å². The monoisotopic (exact) mass is 629 g/mol. The fraction of sp³-hybridized carbons (Fsp3) is 0.286. The molecule has 11 heteroatoms. The number of non-ortho nitro benzene ring substituents is 1. The molecule has 0 bridgehead atoms. The molecule has 10 nitrogen and oxygen atoms in total. The maximum atomic E-state index is 14.1. The molecule has 46 heavy (non-hydrogen) atoms. The van der Waals surface area contributed by atoms with Gasteiger partial charge in [0.25, 0.3) is 5.69 Å². The molecule has 1 aliphatic heterocycles. The highest BCUT2D eigenvalue weighted by Crippen LogP contribution is 2.40. The number of likely N-dealkylation sites (N-methyl/N-ethyl adjacent to an activating group) is 1. The number of nitrogens with one attached hydrogen (secondary N) is 1. The third-order valence-electron chi connectivity index (χ3n) is 7.81. The second-order valence-electron chi connectivity index (χ2n) is 11.1. The van der Waals surface area contributed by atoms with E-state index in [0.717, 1.165) is 5.56 Å². The fourth-order valence-electron chi connectivity index (χ4n) is 5.53. The Morgan fingerprint density at radius 2 is 1.61 bits per heavy atom. The number of ketones is 1. The number of carbonyl (C=O) groups is 3. The van der Waals surface area contributed by atoms with Crippen molar-refractivity contribution in [2.45, 2.75) is 38.7 Å². The van der Waals surface area contributed by atoms with E-state index in [1.807, 2.05) is 42.3 Å². The summed E-state index contributed by atoms with van der Waals surface area (Å²) >= 11 is 0. The van der Waals surface area contributed by atoms with Crippen LogP contribution in [-0.2, 0) is 19.1 Å². The number of rotatable bonds is 13. The first kappa shape index (κ1) is 33.7. The molecule has 240 valence electrons. The van der Waals surface area contributed by atoms with Crippen molar-refractivity contribution in [3.63, 3.8) is 0 Å². The van der Waals surface area contributed by atoms with Gasteiger partial charge >= 0.3 is 11.9 Å². The molecule has 3 aromatic rings. The van der Waals surface area contributed by atoms with Crippen molar-refractivity contribution in [1.82, 2.24) is 10.2 Å². The number of esters is 2. The van der Waals surface area contributed by atoms with Crippen molar-refractivity contribution in [3.05, 3.63) is 134 Å². The van der Waals surface area contributed by atoms with Crippen LogP contribution in [0.1, 0.15) is 60.2 Å². The number of allylic oxidation sites excluding steroid dienone is 2. The van der Waals surface area contributed by atoms with Gasteiger partial charge in [0, 0.05) is 42.1 Å². The van der Waals surface area contributed by atoms with E-state index >= 15 is 0 Å². The highest BCUT2D eigenvalue weighted by molar-refractivity contribution is 6.00. The molecular formula is C35H36FN3O7. The summed E-state index contributed by atoms with van der Waals surface area (Å²) in [5.41, 5.74) is 2.50. The summed E-state index contributed by atoms with van der Waals surface area (Å²) in [4.78, 5) is 52.7. The van der Waals surface area contributed by atoms with Crippen LogP contribution in [0.3, 0.4) is 0 Å². The number of benzene rings is 3. The molecule has 2 unspecified atom stereocenters. The Balaban J connectivity index is 1.58. The van der Waals surface area contributed by atoms with Crippen molar-refractivity contribution < 1.29 is 33.2 Å². The quantitative estimate of drug-likeness (QED) is 0.104. The Kier molecular flexibility index (Phi) is 11.2. The lowest BCUT2D eigenvalue weighted by molar-refractivity contribution is -0.384. The van der Waals surface area contributed by atoms with Crippen LogP contribution >= 0.6 is 0 Å². The number of ether oxygens (including phenoxy) is 2. The summed E-state index contributed by atoms with van der Waals surface area (Å²) in [5, 5.41) is 14.7. The van der Waals surface area contributed by atoms with Crippen molar-refractivity contribution in [1.29, 1.82) is 0 Å². The minimum Gasteiger partial charge on any atom is -0.466 e. The number of Topliss-reactive ketones (excluding diaryl/α,β-unsaturated/α-hetero) is 1. The smallest absolute Gasteiger partial charge is 0.337 e. The molecule has 0 spiro atoms. The molecule has 1 N–H and O–H groups in total. The lowest BCUT2D eigenvalue weighted by atomic mass is 9.80. The van der Waals surface area contributed by atoms with Gasteiger partial charge in [-0.2, -0.15) is 0 Å². The van der Waals surface area contributed by atoms with Crippen molar-refractivity contribution in [2.75, 3.05) is 27.2 Å². The number of dihydropyridines is 1. The Labute approximate surface area is 266 Å². The summed E-state index contributed by atoms with van der Waals surface area (Å²) in [7, 11) is 3.08. The molecule has 3 aromatic carbocycles. The van der Waals surface area contributed by atoms with E-state index < -0.39 is 34.7 Å². The number of nitro groups is 1. The highest BCUT2D eigenvalue weighted by Gasteiger charge is 2.39. The van der Waals surface area contributed by atoms with E-state index in [0.29, 0.717) is 42.0 Å². The Bertz CT molecular complexity index is 1670. The molecule has 4 rings (SSSR count). The van der Waals surface area contributed by atoms with Crippen LogP contribution < -0.4 is 5.32 Å². The second kappa shape index (κ2) is 15.2. The van der Waals surface area contributed by atoms with Crippen LogP contribution in [0.15, 0.2) is 101 Å². The first-order valence-electron chi connectivity index (χ1n) is 14.7. The van der Waals surface area contributed by atoms with Crippen LogP contribution in [0.25, 0.3) is 0 Å². The second-order valence-corrected chi connectivity index (χ2v) is 11.1. The molecule has 1 aliphatic rings. The molecule has 2 atom stereocenters. The zero-order valence-corrected chi connectivity index (χ0v) is 26.1. The van der Waals surface area contributed by atoms with Crippen molar-refractivity contribution >= 4 is 23.4 Å². The lowest BCUT2D eigenvalue weighted by Crippen LogP contribution is -2.34. The van der Waals surface area contributed by atoms with Crippen molar-refractivity contribution in [3.8, 4) is 0 Å². The van der Waals surface area contributed by atoms with Gasteiger partial charge in [-0.05, 0) is 69.3 Å². The highest BCUT2D eigenvalue weighted by atomic mass is 19.1. The van der Waals surface area contributed by atoms with E-state index in [1.54, 1.807) is 19.9 Å². The minimum absolute atomic E-state index is 0.0939. The fourth-order valence-corrected chi connectivity index (χ4v) is 5.53. The largest absolute Gasteiger partial charge is 0.466 e. The first-order chi connectivity index (χ1) is 22.0. The van der Waals surface area contributed by atoms with Gasteiger partial charge < -0.3 is 19.7 Å². The molecule has 1 heterocycles. The van der Waals surface area contributed by atoms with Crippen LogP contribution in [0.5, 0.6) is 0 Å². The molecule has 0 saturated heterocycles. The zero-order chi connectivity index (χ0) is 33.4. The predicted molar refractivity (Wildman–Crippen MR) is 169 cm³/mol.